The summed E-state index contributed by atoms with van der Waals surface area (Å²) in [7, 11) is 0. The molecule has 2 rings (SSSR count). The Kier molecular flexibility index (Phi) is 4.62. The summed E-state index contributed by atoms with van der Waals surface area (Å²) in [5, 5.41) is 14.3. The second kappa shape index (κ2) is 5.73. The van der Waals surface area contributed by atoms with Gasteiger partial charge in [-0.15, -0.1) is 0 Å². The lowest BCUT2D eigenvalue weighted by atomic mass is 9.70. The molecule has 0 aromatic carbocycles. The third-order valence-corrected chi connectivity index (χ3v) is 5.31. The molecule has 0 radical (unpaired) electrons. The van der Waals surface area contributed by atoms with E-state index in [-0.39, 0.29) is 0 Å². The Balaban J connectivity index is 1.81. The minimum atomic E-state index is -0.433. The lowest BCUT2D eigenvalue weighted by Crippen LogP contribution is -2.49. The summed E-state index contributed by atoms with van der Waals surface area (Å²) in [4.78, 5) is 0. The van der Waals surface area contributed by atoms with Gasteiger partial charge >= 0.3 is 0 Å². The molecular formula is C17H33NO. The van der Waals surface area contributed by atoms with Crippen LogP contribution in [0.3, 0.4) is 0 Å². The Labute approximate surface area is 119 Å². The van der Waals surface area contributed by atoms with E-state index in [0.717, 1.165) is 31.2 Å². The van der Waals surface area contributed by atoms with E-state index in [1.807, 2.05) is 0 Å². The van der Waals surface area contributed by atoms with Gasteiger partial charge in [-0.2, -0.15) is 0 Å². The molecule has 2 saturated carbocycles. The van der Waals surface area contributed by atoms with Crippen molar-refractivity contribution in [3.05, 3.63) is 0 Å². The summed E-state index contributed by atoms with van der Waals surface area (Å²) in [6.45, 7) is 10.2. The maximum absolute atomic E-state index is 10.7. The van der Waals surface area contributed by atoms with Crippen LogP contribution in [0.1, 0.15) is 72.6 Å². The molecule has 2 atom stereocenters. The Morgan fingerprint density at radius 1 is 1.05 bits per heavy atom. The van der Waals surface area contributed by atoms with Gasteiger partial charge in [-0.1, -0.05) is 27.7 Å². The summed E-state index contributed by atoms with van der Waals surface area (Å²) in [5.41, 5.74) is 0.0242. The molecule has 0 aliphatic heterocycles. The number of hydrogen-bond donors (Lipinski definition) is 2. The Morgan fingerprint density at radius 3 is 2.26 bits per heavy atom. The van der Waals surface area contributed by atoms with Crippen LogP contribution in [0.4, 0.5) is 0 Å². The third kappa shape index (κ3) is 4.46. The summed E-state index contributed by atoms with van der Waals surface area (Å²) >= 11 is 0. The summed E-state index contributed by atoms with van der Waals surface area (Å²) in [6, 6.07) is 0.599. The van der Waals surface area contributed by atoms with E-state index in [1.165, 1.54) is 32.1 Å². The predicted octanol–water partition coefficient (Wildman–Crippen LogP) is 3.73. The lowest BCUT2D eigenvalue weighted by Gasteiger charge is -2.42. The molecule has 0 amide bonds. The van der Waals surface area contributed by atoms with E-state index >= 15 is 0 Å². The van der Waals surface area contributed by atoms with Crippen LogP contribution in [0.15, 0.2) is 0 Å². The monoisotopic (exact) mass is 267 g/mol. The van der Waals surface area contributed by atoms with Gasteiger partial charge in [0.25, 0.3) is 0 Å². The maximum atomic E-state index is 10.7. The van der Waals surface area contributed by atoms with Gasteiger partial charge in [0, 0.05) is 12.6 Å². The van der Waals surface area contributed by atoms with Crippen molar-refractivity contribution in [2.75, 3.05) is 6.54 Å². The van der Waals surface area contributed by atoms with E-state index < -0.39 is 5.60 Å². The van der Waals surface area contributed by atoms with Crippen LogP contribution in [0, 0.1) is 17.3 Å². The average Bonchev–Trinajstić information content (AvgIpc) is 2.29. The zero-order valence-corrected chi connectivity index (χ0v) is 13.3. The second-order valence-corrected chi connectivity index (χ2v) is 8.40. The highest BCUT2D eigenvalue weighted by Crippen LogP contribution is 2.39. The molecule has 0 aromatic rings. The van der Waals surface area contributed by atoms with E-state index in [9.17, 15) is 5.11 Å². The van der Waals surface area contributed by atoms with Gasteiger partial charge in [-0.3, -0.25) is 0 Å². The molecule has 2 fully saturated rings. The zero-order chi connectivity index (χ0) is 14.1. The third-order valence-electron chi connectivity index (χ3n) is 5.31. The highest BCUT2D eigenvalue weighted by Gasteiger charge is 2.35. The zero-order valence-electron chi connectivity index (χ0n) is 13.3. The molecule has 2 unspecified atom stereocenters. The van der Waals surface area contributed by atoms with Crippen molar-refractivity contribution in [1.29, 1.82) is 0 Å². The van der Waals surface area contributed by atoms with Crippen LogP contribution in [0.5, 0.6) is 0 Å². The van der Waals surface area contributed by atoms with Gasteiger partial charge in [0.2, 0.25) is 0 Å². The number of hydrogen-bond acceptors (Lipinski definition) is 2. The Morgan fingerprint density at radius 2 is 1.68 bits per heavy atom. The molecular weight excluding hydrogens is 234 g/mol. The van der Waals surface area contributed by atoms with Crippen molar-refractivity contribution < 1.29 is 5.11 Å². The molecule has 2 aliphatic rings. The summed E-state index contributed by atoms with van der Waals surface area (Å²) < 4.78 is 0. The van der Waals surface area contributed by atoms with Crippen molar-refractivity contribution in [3.63, 3.8) is 0 Å². The number of nitrogens with one attached hydrogen (secondary N) is 1. The van der Waals surface area contributed by atoms with Crippen molar-refractivity contribution in [1.82, 2.24) is 5.32 Å². The van der Waals surface area contributed by atoms with Gasteiger partial charge in [0.1, 0.15) is 0 Å². The maximum Gasteiger partial charge on any atom is 0.0771 e. The van der Waals surface area contributed by atoms with Gasteiger partial charge < -0.3 is 10.4 Å². The van der Waals surface area contributed by atoms with Crippen LogP contribution in [0.2, 0.25) is 0 Å². The lowest BCUT2D eigenvalue weighted by molar-refractivity contribution is -0.0117. The Hall–Kier alpha value is -0.0800. The molecule has 2 heteroatoms. The first-order valence-electron chi connectivity index (χ1n) is 8.24. The van der Waals surface area contributed by atoms with Crippen LogP contribution in [-0.4, -0.2) is 23.3 Å². The van der Waals surface area contributed by atoms with Gasteiger partial charge in [-0.25, -0.2) is 0 Å². The SMILES string of the molecule is CC1CCC(O)(CNC2CC(C)CC(C)(C)C2)CC1. The van der Waals surface area contributed by atoms with Gasteiger partial charge in [-0.05, 0) is 62.2 Å². The molecule has 0 aromatic heterocycles. The topological polar surface area (TPSA) is 32.3 Å². The molecule has 0 heterocycles. The molecule has 19 heavy (non-hydrogen) atoms. The molecule has 0 saturated heterocycles. The summed E-state index contributed by atoms with van der Waals surface area (Å²) in [5.74, 6) is 1.61. The molecule has 2 N–H and O–H groups in total. The fourth-order valence-corrected chi connectivity index (χ4v) is 4.31. The van der Waals surface area contributed by atoms with E-state index in [2.05, 4.69) is 33.0 Å². The summed E-state index contributed by atoms with van der Waals surface area (Å²) in [6.07, 6.45) is 8.20. The van der Waals surface area contributed by atoms with Gasteiger partial charge in [0.05, 0.1) is 5.60 Å². The largest absolute Gasteiger partial charge is 0.389 e. The number of aliphatic hydroxyl groups is 1. The van der Waals surface area contributed by atoms with Gasteiger partial charge in [0.15, 0.2) is 0 Å². The first-order chi connectivity index (χ1) is 8.78. The van der Waals surface area contributed by atoms with Crippen molar-refractivity contribution in [2.45, 2.75) is 84.3 Å². The average molecular weight is 267 g/mol. The molecule has 0 spiro atoms. The minimum absolute atomic E-state index is 0.433. The second-order valence-electron chi connectivity index (χ2n) is 8.40. The molecule has 0 bridgehead atoms. The fourth-order valence-electron chi connectivity index (χ4n) is 4.31. The van der Waals surface area contributed by atoms with Crippen LogP contribution >= 0.6 is 0 Å². The van der Waals surface area contributed by atoms with Crippen molar-refractivity contribution >= 4 is 0 Å². The molecule has 2 aliphatic carbocycles. The fraction of sp³-hybridized carbons (Fsp3) is 1.00. The van der Waals surface area contributed by atoms with Crippen molar-refractivity contribution in [2.24, 2.45) is 17.3 Å². The molecule has 112 valence electrons. The van der Waals surface area contributed by atoms with E-state index in [0.29, 0.717) is 11.5 Å². The molecule has 2 nitrogen and oxygen atoms in total. The highest BCUT2D eigenvalue weighted by atomic mass is 16.3. The normalized spacial score (nSPS) is 43.1. The van der Waals surface area contributed by atoms with E-state index in [1.54, 1.807) is 0 Å². The predicted molar refractivity (Wildman–Crippen MR) is 81.2 cm³/mol. The van der Waals surface area contributed by atoms with Crippen LogP contribution in [-0.2, 0) is 0 Å². The highest BCUT2D eigenvalue weighted by molar-refractivity contribution is 4.91. The van der Waals surface area contributed by atoms with Crippen LogP contribution < -0.4 is 5.32 Å². The smallest absolute Gasteiger partial charge is 0.0771 e. The first kappa shape index (κ1) is 15.3. The number of rotatable bonds is 3. The standard InChI is InChI=1S/C17H33NO/c1-13-5-7-17(19,8-6-13)12-18-15-9-14(2)10-16(3,4)11-15/h13-15,18-19H,5-12H2,1-4H3. The quantitative estimate of drug-likeness (QED) is 0.816. The van der Waals surface area contributed by atoms with Crippen LogP contribution in [0.25, 0.3) is 0 Å². The van der Waals surface area contributed by atoms with E-state index in [4.69, 9.17) is 0 Å². The minimum Gasteiger partial charge on any atom is -0.389 e. The van der Waals surface area contributed by atoms with Crippen molar-refractivity contribution in [3.8, 4) is 0 Å². The first-order valence-corrected chi connectivity index (χ1v) is 8.24. The Bertz CT molecular complexity index is 292.